The van der Waals surface area contributed by atoms with E-state index in [0.29, 0.717) is 41.2 Å². The summed E-state index contributed by atoms with van der Waals surface area (Å²) in [5.41, 5.74) is -6.33. The quantitative estimate of drug-likeness (QED) is 0.120. The molecule has 6 rings (SSSR count). The molecule has 0 aliphatic heterocycles. The van der Waals surface area contributed by atoms with Crippen LogP contribution in [0, 0.1) is 17.5 Å². The second-order valence-electron chi connectivity index (χ2n) is 11.6. The third-order valence-electron chi connectivity index (χ3n) is 8.80. The molecular weight excluding hydrogens is 701 g/mol. The van der Waals surface area contributed by atoms with Gasteiger partial charge in [-0.2, -0.15) is 31.4 Å². The molecule has 0 unspecified atom stereocenters. The smallest absolute Gasteiger partial charge is 0.349 e. The first-order valence-corrected chi connectivity index (χ1v) is 16.3. The molecular formula is C34H24F9N3O3S. The van der Waals surface area contributed by atoms with Gasteiger partial charge in [-0.15, -0.1) is 0 Å². The van der Waals surface area contributed by atoms with Crippen LogP contribution in [0.5, 0.6) is 0 Å². The molecule has 50 heavy (non-hydrogen) atoms. The third kappa shape index (κ3) is 5.83. The monoisotopic (exact) mass is 725 g/mol. The lowest BCUT2D eigenvalue weighted by molar-refractivity contribution is -0.392. The summed E-state index contributed by atoms with van der Waals surface area (Å²) >= 11 is 0. The molecule has 1 aliphatic rings. The van der Waals surface area contributed by atoms with Gasteiger partial charge < -0.3 is 4.74 Å². The lowest BCUT2D eigenvalue weighted by Gasteiger charge is -2.39. The minimum Gasteiger partial charge on any atom is -0.349 e. The molecule has 0 N–H and O–H groups in total. The molecule has 16 heteroatoms. The average molecular weight is 726 g/mol. The molecule has 0 spiro atoms. The maximum Gasteiger partial charge on any atom is 0.430 e. The zero-order valence-electron chi connectivity index (χ0n) is 25.4. The average Bonchev–Trinajstić information content (AvgIpc) is 3.49. The van der Waals surface area contributed by atoms with E-state index in [9.17, 15) is 47.9 Å². The van der Waals surface area contributed by atoms with Crippen molar-refractivity contribution in [3.63, 3.8) is 0 Å². The van der Waals surface area contributed by atoms with Gasteiger partial charge in [0.25, 0.3) is 5.60 Å². The first-order valence-electron chi connectivity index (χ1n) is 14.8. The summed E-state index contributed by atoms with van der Waals surface area (Å²) in [6.45, 7) is -1.74. The summed E-state index contributed by atoms with van der Waals surface area (Å²) in [6, 6.07) is 11.9. The van der Waals surface area contributed by atoms with E-state index < -0.39 is 67.7 Å². The standard InChI is InChI=1S/C34H24F9N3O3S/c35-24-8-10-26(11-9-24)50(47,48)31(15-12-30-21(18-31)19-46(45-30)25-13-16-44-17-14-25)22-4-6-23(7-5-22)32(33(38,39)40,34(41,42)43)49-20-27-28(36)2-1-3-29(27)37/h1-11,13-14,16-17,19H,12,15,18,20H2/t31-/m1/s1. The molecule has 1 aliphatic carbocycles. The van der Waals surface area contributed by atoms with E-state index >= 15 is 0 Å². The van der Waals surface area contributed by atoms with Crippen LogP contribution >= 0.6 is 0 Å². The zero-order chi connectivity index (χ0) is 36.1. The fourth-order valence-corrected chi connectivity index (χ4v) is 8.32. The van der Waals surface area contributed by atoms with Gasteiger partial charge in [-0.05, 0) is 78.9 Å². The molecule has 262 valence electrons. The molecule has 2 aromatic heterocycles. The van der Waals surface area contributed by atoms with Gasteiger partial charge in [-0.3, -0.25) is 4.98 Å². The number of benzene rings is 3. The number of hydrogen-bond donors (Lipinski definition) is 0. The first kappa shape index (κ1) is 35.1. The second-order valence-corrected chi connectivity index (χ2v) is 13.9. The van der Waals surface area contributed by atoms with E-state index in [2.05, 4.69) is 14.8 Å². The van der Waals surface area contributed by atoms with Gasteiger partial charge >= 0.3 is 12.4 Å². The van der Waals surface area contributed by atoms with Crippen LogP contribution in [0.3, 0.4) is 0 Å². The van der Waals surface area contributed by atoms with Crippen molar-refractivity contribution >= 4 is 9.84 Å². The number of nitrogens with zero attached hydrogens (tertiary/aromatic N) is 3. The summed E-state index contributed by atoms with van der Waals surface area (Å²) in [5, 5.41) is 4.53. The summed E-state index contributed by atoms with van der Waals surface area (Å²) in [7, 11) is -4.53. The Morgan fingerprint density at radius 1 is 0.800 bits per heavy atom. The van der Waals surface area contributed by atoms with E-state index in [1.165, 1.54) is 17.1 Å². The third-order valence-corrected chi connectivity index (χ3v) is 11.3. The fraction of sp³-hybridized carbons (Fsp3) is 0.235. The number of aryl methyl sites for hydroxylation is 1. The zero-order valence-corrected chi connectivity index (χ0v) is 26.3. The molecule has 0 bridgehead atoms. The molecule has 2 heterocycles. The van der Waals surface area contributed by atoms with Crippen molar-refractivity contribution in [2.45, 2.75) is 53.5 Å². The molecule has 5 aromatic rings. The van der Waals surface area contributed by atoms with Crippen LogP contribution < -0.4 is 0 Å². The molecule has 1 atom stereocenters. The van der Waals surface area contributed by atoms with Crippen molar-refractivity contribution in [1.29, 1.82) is 0 Å². The van der Waals surface area contributed by atoms with Gasteiger partial charge in [-0.25, -0.2) is 26.3 Å². The first-order chi connectivity index (χ1) is 23.5. The van der Waals surface area contributed by atoms with Crippen molar-refractivity contribution in [1.82, 2.24) is 14.8 Å². The van der Waals surface area contributed by atoms with E-state index in [1.807, 2.05) is 0 Å². The van der Waals surface area contributed by atoms with Crippen LogP contribution in [-0.4, -0.2) is 35.5 Å². The topological polar surface area (TPSA) is 74.1 Å². The molecule has 6 nitrogen and oxygen atoms in total. The van der Waals surface area contributed by atoms with E-state index in [0.717, 1.165) is 42.5 Å². The number of halogens is 9. The number of fused-ring (bicyclic) bond motifs is 1. The van der Waals surface area contributed by atoms with Crippen molar-refractivity contribution in [3.8, 4) is 5.69 Å². The normalized spacial score (nSPS) is 17.1. The van der Waals surface area contributed by atoms with Gasteiger partial charge in [0.15, 0.2) is 9.84 Å². The van der Waals surface area contributed by atoms with Gasteiger partial charge in [0.05, 0.1) is 22.9 Å². The second kappa shape index (κ2) is 12.6. The number of pyridine rings is 1. The maximum absolute atomic E-state index is 14.6. The molecule has 0 saturated carbocycles. The van der Waals surface area contributed by atoms with Crippen LogP contribution in [0.15, 0.2) is 102 Å². The molecule has 3 aromatic carbocycles. The Morgan fingerprint density at radius 2 is 1.40 bits per heavy atom. The van der Waals surface area contributed by atoms with Gasteiger partial charge in [0, 0.05) is 29.7 Å². The van der Waals surface area contributed by atoms with Crippen molar-refractivity contribution in [2.75, 3.05) is 0 Å². The Hall–Kier alpha value is -4.70. The molecule has 0 amide bonds. The van der Waals surface area contributed by atoms with Crippen LogP contribution in [0.25, 0.3) is 5.69 Å². The number of ether oxygens (including phenoxy) is 1. The SMILES string of the molecule is O=S(=O)(c1ccc(F)cc1)[C@]1(c2ccc(C(OCc3c(F)cccc3F)(C(F)(F)F)C(F)(F)F)cc2)CCc2nn(-c3ccncc3)cc2C1. The largest absolute Gasteiger partial charge is 0.430 e. The Bertz CT molecular complexity index is 2080. The molecule has 0 fully saturated rings. The lowest BCUT2D eigenvalue weighted by atomic mass is 9.81. The minimum absolute atomic E-state index is 0.0436. The molecule has 0 radical (unpaired) electrons. The van der Waals surface area contributed by atoms with E-state index in [-0.39, 0.29) is 29.7 Å². The Labute approximate surface area is 279 Å². The van der Waals surface area contributed by atoms with Crippen LogP contribution in [-0.2, 0) is 44.4 Å². The number of sulfone groups is 1. The van der Waals surface area contributed by atoms with Crippen molar-refractivity contribution in [3.05, 3.63) is 143 Å². The van der Waals surface area contributed by atoms with Gasteiger partial charge in [0.1, 0.15) is 22.2 Å². The predicted octanol–water partition coefficient (Wildman–Crippen LogP) is 8.08. The van der Waals surface area contributed by atoms with Crippen LogP contribution in [0.2, 0.25) is 0 Å². The summed E-state index contributed by atoms with van der Waals surface area (Å²) < 4.78 is 163. The van der Waals surface area contributed by atoms with E-state index in [4.69, 9.17) is 0 Å². The number of rotatable bonds is 8. The van der Waals surface area contributed by atoms with Crippen molar-refractivity contribution in [2.24, 2.45) is 0 Å². The summed E-state index contributed by atoms with van der Waals surface area (Å²) in [4.78, 5) is 3.62. The fourth-order valence-electron chi connectivity index (χ4n) is 6.21. The number of aromatic nitrogens is 3. The Morgan fingerprint density at radius 3 is 1.98 bits per heavy atom. The van der Waals surface area contributed by atoms with Crippen LogP contribution in [0.1, 0.15) is 34.4 Å². The van der Waals surface area contributed by atoms with Crippen molar-refractivity contribution < 1.29 is 52.7 Å². The highest BCUT2D eigenvalue weighted by molar-refractivity contribution is 7.92. The number of alkyl halides is 6. The lowest BCUT2D eigenvalue weighted by Crippen LogP contribution is -2.56. The minimum atomic E-state index is -6.20. The van der Waals surface area contributed by atoms with Gasteiger partial charge in [-0.1, -0.05) is 30.3 Å². The highest BCUT2D eigenvalue weighted by Gasteiger charge is 2.73. The Balaban J connectivity index is 1.48. The molecule has 0 saturated heterocycles. The number of hydrogen-bond acceptors (Lipinski definition) is 5. The Kier molecular flexibility index (Phi) is 8.83. The van der Waals surface area contributed by atoms with Crippen LogP contribution in [0.4, 0.5) is 39.5 Å². The van der Waals surface area contributed by atoms with E-state index in [1.54, 1.807) is 18.3 Å². The predicted molar refractivity (Wildman–Crippen MR) is 160 cm³/mol. The summed E-state index contributed by atoms with van der Waals surface area (Å²) in [6.07, 6.45) is -8.25. The highest BCUT2D eigenvalue weighted by Crippen LogP contribution is 2.54. The maximum atomic E-state index is 14.6. The summed E-state index contributed by atoms with van der Waals surface area (Å²) in [5.74, 6) is -3.58. The van der Waals surface area contributed by atoms with Gasteiger partial charge in [0.2, 0.25) is 0 Å². The highest BCUT2D eigenvalue weighted by atomic mass is 32.2.